The van der Waals surface area contributed by atoms with E-state index in [2.05, 4.69) is 11.2 Å². The molecule has 1 aliphatic heterocycles. The van der Waals surface area contributed by atoms with Gasteiger partial charge >= 0.3 is 5.97 Å². The minimum absolute atomic E-state index is 0.291. The summed E-state index contributed by atoms with van der Waals surface area (Å²) in [7, 11) is 0. The Kier molecular flexibility index (Phi) is 2.36. The highest BCUT2D eigenvalue weighted by Crippen LogP contribution is 2.25. The lowest BCUT2D eigenvalue weighted by Crippen LogP contribution is -2.58. The van der Waals surface area contributed by atoms with Crippen LogP contribution in [0.1, 0.15) is 20.8 Å². The number of nitrogens with one attached hydrogen (secondary N) is 1. The molecule has 3 heteroatoms. The van der Waals surface area contributed by atoms with Crippen molar-refractivity contribution < 1.29 is 9.53 Å². The van der Waals surface area contributed by atoms with Crippen LogP contribution in [-0.4, -0.2) is 24.7 Å². The normalized spacial score (nSPS) is 19.8. The van der Waals surface area contributed by atoms with Gasteiger partial charge in [-0.15, -0.1) is 6.42 Å². The van der Waals surface area contributed by atoms with Crippen molar-refractivity contribution in [1.29, 1.82) is 0 Å². The molecular formula is C10H15NO2. The Labute approximate surface area is 78.8 Å². The lowest BCUT2D eigenvalue weighted by atomic mass is 9.83. The third-order valence-corrected chi connectivity index (χ3v) is 1.92. The Bertz CT molecular complexity index is 253. The van der Waals surface area contributed by atoms with E-state index in [1.165, 1.54) is 0 Å². The molecule has 1 fully saturated rings. The standard InChI is InChI=1S/C10H15NO2/c1-5-10(6-11-7-10)8(12)13-9(2,3)4/h1,11H,6-7H2,2-4H3. The summed E-state index contributed by atoms with van der Waals surface area (Å²) >= 11 is 0. The predicted molar refractivity (Wildman–Crippen MR) is 50.0 cm³/mol. The molecule has 0 atom stereocenters. The van der Waals surface area contributed by atoms with Crippen molar-refractivity contribution in [3.63, 3.8) is 0 Å². The van der Waals surface area contributed by atoms with Gasteiger partial charge in [0, 0.05) is 13.1 Å². The van der Waals surface area contributed by atoms with Crippen LogP contribution in [0.3, 0.4) is 0 Å². The zero-order valence-electron chi connectivity index (χ0n) is 8.31. The molecule has 13 heavy (non-hydrogen) atoms. The van der Waals surface area contributed by atoms with Gasteiger partial charge in [-0.05, 0) is 20.8 Å². The van der Waals surface area contributed by atoms with Gasteiger partial charge in [-0.1, -0.05) is 5.92 Å². The summed E-state index contributed by atoms with van der Waals surface area (Å²) in [6, 6.07) is 0. The van der Waals surface area contributed by atoms with E-state index in [0.29, 0.717) is 13.1 Å². The van der Waals surface area contributed by atoms with Gasteiger partial charge in [-0.2, -0.15) is 0 Å². The molecule has 0 aromatic rings. The maximum absolute atomic E-state index is 11.6. The number of terminal acetylenes is 1. The van der Waals surface area contributed by atoms with Gasteiger partial charge < -0.3 is 10.1 Å². The topological polar surface area (TPSA) is 38.3 Å². The summed E-state index contributed by atoms with van der Waals surface area (Å²) in [5.41, 5.74) is -1.18. The number of esters is 1. The highest BCUT2D eigenvalue weighted by Gasteiger charge is 2.45. The van der Waals surface area contributed by atoms with E-state index in [1.807, 2.05) is 20.8 Å². The Morgan fingerprint density at radius 3 is 2.31 bits per heavy atom. The fraction of sp³-hybridized carbons (Fsp3) is 0.700. The quantitative estimate of drug-likeness (QED) is 0.474. The first-order valence-corrected chi connectivity index (χ1v) is 4.32. The highest BCUT2D eigenvalue weighted by molar-refractivity contribution is 5.82. The van der Waals surface area contributed by atoms with Crippen LogP contribution in [0.25, 0.3) is 0 Å². The fourth-order valence-electron chi connectivity index (χ4n) is 1.06. The van der Waals surface area contributed by atoms with Gasteiger partial charge in [0.05, 0.1) is 0 Å². The zero-order valence-corrected chi connectivity index (χ0v) is 8.31. The predicted octanol–water partition coefficient (Wildman–Crippen LogP) is 0.551. The minimum Gasteiger partial charge on any atom is -0.459 e. The first kappa shape index (κ1) is 10.1. The molecule has 0 aromatic carbocycles. The van der Waals surface area contributed by atoms with Gasteiger partial charge in [0.15, 0.2) is 5.41 Å². The van der Waals surface area contributed by atoms with Crippen LogP contribution >= 0.6 is 0 Å². The average Bonchev–Trinajstić information content (AvgIpc) is 1.80. The summed E-state index contributed by atoms with van der Waals surface area (Å²) in [4.78, 5) is 11.6. The maximum atomic E-state index is 11.6. The van der Waals surface area contributed by atoms with Crippen LogP contribution in [0.5, 0.6) is 0 Å². The third kappa shape index (κ3) is 2.02. The molecule has 1 heterocycles. The van der Waals surface area contributed by atoms with Crippen molar-refractivity contribution in [1.82, 2.24) is 5.32 Å². The fourth-order valence-corrected chi connectivity index (χ4v) is 1.06. The Morgan fingerprint density at radius 1 is 1.54 bits per heavy atom. The van der Waals surface area contributed by atoms with Gasteiger partial charge in [0.25, 0.3) is 0 Å². The molecule has 0 aliphatic carbocycles. The van der Waals surface area contributed by atoms with E-state index in [0.717, 1.165) is 0 Å². The van der Waals surface area contributed by atoms with E-state index in [1.54, 1.807) is 0 Å². The first-order valence-electron chi connectivity index (χ1n) is 4.32. The largest absolute Gasteiger partial charge is 0.459 e. The number of carbonyl (C=O) groups excluding carboxylic acids is 1. The molecule has 0 bridgehead atoms. The molecule has 1 rings (SSSR count). The summed E-state index contributed by atoms with van der Waals surface area (Å²) < 4.78 is 5.21. The van der Waals surface area contributed by atoms with Gasteiger partial charge in [0.2, 0.25) is 0 Å². The first-order chi connectivity index (χ1) is 5.90. The van der Waals surface area contributed by atoms with E-state index < -0.39 is 11.0 Å². The molecule has 0 saturated carbocycles. The average molecular weight is 181 g/mol. The maximum Gasteiger partial charge on any atom is 0.327 e. The summed E-state index contributed by atoms with van der Waals surface area (Å²) in [5.74, 6) is 2.21. The second-order valence-corrected chi connectivity index (χ2v) is 4.33. The molecule has 0 aromatic heterocycles. The van der Waals surface area contributed by atoms with E-state index >= 15 is 0 Å². The zero-order chi connectivity index (χ0) is 10.1. The van der Waals surface area contributed by atoms with E-state index in [-0.39, 0.29) is 5.97 Å². The monoisotopic (exact) mass is 181 g/mol. The van der Waals surface area contributed by atoms with Crippen molar-refractivity contribution in [2.45, 2.75) is 26.4 Å². The lowest BCUT2D eigenvalue weighted by Gasteiger charge is -2.37. The number of rotatable bonds is 1. The van der Waals surface area contributed by atoms with E-state index in [4.69, 9.17) is 11.2 Å². The van der Waals surface area contributed by atoms with Gasteiger partial charge in [-0.3, -0.25) is 4.79 Å². The van der Waals surface area contributed by atoms with Crippen molar-refractivity contribution in [3.8, 4) is 12.3 Å². The van der Waals surface area contributed by atoms with Gasteiger partial charge in [0.1, 0.15) is 5.60 Å². The Morgan fingerprint density at radius 2 is 2.08 bits per heavy atom. The smallest absolute Gasteiger partial charge is 0.327 e. The molecule has 3 nitrogen and oxygen atoms in total. The van der Waals surface area contributed by atoms with Gasteiger partial charge in [-0.25, -0.2) is 0 Å². The molecule has 72 valence electrons. The lowest BCUT2D eigenvalue weighted by molar-refractivity contribution is -0.166. The summed E-state index contributed by atoms with van der Waals surface area (Å²) in [6.07, 6.45) is 5.30. The number of hydrogen-bond acceptors (Lipinski definition) is 3. The summed E-state index contributed by atoms with van der Waals surface area (Å²) in [6.45, 7) is 6.56. The molecule has 1 saturated heterocycles. The highest BCUT2D eigenvalue weighted by atomic mass is 16.6. The number of carbonyl (C=O) groups is 1. The molecule has 1 N–H and O–H groups in total. The Hall–Kier alpha value is -1.01. The molecular weight excluding hydrogens is 166 g/mol. The van der Waals surface area contributed by atoms with Crippen LogP contribution < -0.4 is 5.32 Å². The second-order valence-electron chi connectivity index (χ2n) is 4.33. The van der Waals surface area contributed by atoms with Crippen molar-refractivity contribution >= 4 is 5.97 Å². The van der Waals surface area contributed by atoms with Crippen LogP contribution in [0, 0.1) is 17.8 Å². The Balaban J connectivity index is 2.63. The molecule has 0 amide bonds. The second kappa shape index (κ2) is 3.04. The molecule has 0 spiro atoms. The molecule has 1 aliphatic rings. The molecule has 0 unspecified atom stereocenters. The summed E-state index contributed by atoms with van der Waals surface area (Å²) in [5, 5.41) is 2.98. The van der Waals surface area contributed by atoms with E-state index in [9.17, 15) is 4.79 Å². The SMILES string of the molecule is C#CC1(C(=O)OC(C)(C)C)CNC1. The van der Waals surface area contributed by atoms with Crippen LogP contribution in [0.2, 0.25) is 0 Å². The molecule has 0 radical (unpaired) electrons. The minimum atomic E-state index is -0.715. The van der Waals surface area contributed by atoms with Crippen LogP contribution in [0.15, 0.2) is 0 Å². The number of hydrogen-bond donors (Lipinski definition) is 1. The number of ether oxygens (including phenoxy) is 1. The third-order valence-electron chi connectivity index (χ3n) is 1.92. The van der Waals surface area contributed by atoms with Crippen molar-refractivity contribution in [2.24, 2.45) is 5.41 Å². The van der Waals surface area contributed by atoms with Crippen molar-refractivity contribution in [3.05, 3.63) is 0 Å². The van der Waals surface area contributed by atoms with Crippen LogP contribution in [0.4, 0.5) is 0 Å². The van der Waals surface area contributed by atoms with Crippen LogP contribution in [-0.2, 0) is 9.53 Å². The van der Waals surface area contributed by atoms with Crippen molar-refractivity contribution in [2.75, 3.05) is 13.1 Å².